The van der Waals surface area contributed by atoms with Gasteiger partial charge in [-0.1, -0.05) is 52.0 Å². The first kappa shape index (κ1) is 16.9. The highest BCUT2D eigenvalue weighted by molar-refractivity contribution is 5.98. The minimum atomic E-state index is 0.275. The maximum atomic E-state index is 11.8. The number of hydrogen-bond donors (Lipinski definition) is 0. The lowest BCUT2D eigenvalue weighted by molar-refractivity contribution is 0.0953. The molecule has 0 N–H and O–H groups in total. The molecule has 2 nitrogen and oxygen atoms in total. The summed E-state index contributed by atoms with van der Waals surface area (Å²) >= 11 is 0. The Kier molecular flexibility index (Phi) is 8.30. The van der Waals surface area contributed by atoms with E-state index in [9.17, 15) is 4.79 Å². The number of nitrogens with zero attached hydrogens (tertiary/aromatic N) is 1. The van der Waals surface area contributed by atoms with Crippen LogP contribution in [0, 0.1) is 0 Å². The standard InChI is InChI=1S/C12H15NO.2C2H6/c1-9-7-12(14)11-6-4-3-5-10(11)8-13(9)2;2*1-2/h3-6,9H,7-8H2,1-2H3;2*1-2H3. The zero-order valence-corrected chi connectivity index (χ0v) is 12.7. The molecular weight excluding hydrogens is 222 g/mol. The first-order chi connectivity index (χ1) is 8.68. The van der Waals surface area contributed by atoms with Crippen molar-refractivity contribution in [3.8, 4) is 0 Å². The second kappa shape index (κ2) is 8.87. The second-order valence-electron chi connectivity index (χ2n) is 4.05. The Hall–Kier alpha value is -1.15. The van der Waals surface area contributed by atoms with Crippen LogP contribution in [-0.2, 0) is 6.54 Å². The van der Waals surface area contributed by atoms with Gasteiger partial charge in [0.2, 0.25) is 0 Å². The minimum Gasteiger partial charge on any atom is -0.299 e. The lowest BCUT2D eigenvalue weighted by Crippen LogP contribution is -2.27. The molecule has 102 valence electrons. The van der Waals surface area contributed by atoms with E-state index in [1.54, 1.807) is 0 Å². The van der Waals surface area contributed by atoms with Crippen LogP contribution >= 0.6 is 0 Å². The van der Waals surface area contributed by atoms with Gasteiger partial charge in [-0.2, -0.15) is 0 Å². The molecule has 0 saturated heterocycles. The molecule has 1 aromatic rings. The zero-order valence-electron chi connectivity index (χ0n) is 12.7. The number of rotatable bonds is 0. The molecule has 0 amide bonds. The third kappa shape index (κ3) is 4.26. The minimum absolute atomic E-state index is 0.275. The molecule has 0 aromatic heterocycles. The van der Waals surface area contributed by atoms with Crippen molar-refractivity contribution in [3.63, 3.8) is 0 Å². The predicted molar refractivity (Wildman–Crippen MR) is 79.0 cm³/mol. The van der Waals surface area contributed by atoms with Gasteiger partial charge in [0, 0.05) is 24.6 Å². The molecule has 1 atom stereocenters. The summed E-state index contributed by atoms with van der Waals surface area (Å²) in [5.41, 5.74) is 2.06. The predicted octanol–water partition coefficient (Wildman–Crippen LogP) is 4.15. The van der Waals surface area contributed by atoms with E-state index in [2.05, 4.69) is 18.9 Å². The Labute approximate surface area is 112 Å². The number of hydrogen-bond acceptors (Lipinski definition) is 2. The molecule has 0 bridgehead atoms. The monoisotopic (exact) mass is 249 g/mol. The van der Waals surface area contributed by atoms with Crippen molar-refractivity contribution in [2.24, 2.45) is 0 Å². The number of fused-ring (bicyclic) bond motifs is 1. The summed E-state index contributed by atoms with van der Waals surface area (Å²) in [6, 6.07) is 8.25. The van der Waals surface area contributed by atoms with Crippen LogP contribution in [0.15, 0.2) is 24.3 Å². The van der Waals surface area contributed by atoms with Crippen LogP contribution in [0.2, 0.25) is 0 Å². The topological polar surface area (TPSA) is 20.3 Å². The van der Waals surface area contributed by atoms with Crippen molar-refractivity contribution >= 4 is 5.78 Å². The molecule has 0 fully saturated rings. The summed E-state index contributed by atoms with van der Waals surface area (Å²) in [5, 5.41) is 0. The number of benzene rings is 1. The summed E-state index contributed by atoms with van der Waals surface area (Å²) in [6.45, 7) is 11.0. The SMILES string of the molecule is CC.CC.CC1CC(=O)c2ccccc2CN1C. The van der Waals surface area contributed by atoms with Gasteiger partial charge in [-0.3, -0.25) is 9.69 Å². The molecule has 1 aromatic carbocycles. The summed E-state index contributed by atoms with van der Waals surface area (Å²) in [4.78, 5) is 14.1. The van der Waals surface area contributed by atoms with Gasteiger partial charge in [-0.25, -0.2) is 0 Å². The number of carbonyl (C=O) groups excluding carboxylic acids is 1. The average molecular weight is 249 g/mol. The smallest absolute Gasteiger partial charge is 0.164 e. The Bertz CT molecular complexity index is 360. The van der Waals surface area contributed by atoms with E-state index in [0.29, 0.717) is 12.5 Å². The number of Topliss-reactive ketones (excluding diaryl/α,β-unsaturated/α-hetero) is 1. The highest BCUT2D eigenvalue weighted by Crippen LogP contribution is 2.20. The van der Waals surface area contributed by atoms with Crippen LogP contribution in [0.3, 0.4) is 0 Å². The van der Waals surface area contributed by atoms with E-state index in [-0.39, 0.29) is 5.78 Å². The fourth-order valence-corrected chi connectivity index (χ4v) is 1.89. The fraction of sp³-hybridized carbons (Fsp3) is 0.562. The van der Waals surface area contributed by atoms with Gasteiger partial charge in [0.05, 0.1) is 0 Å². The van der Waals surface area contributed by atoms with E-state index in [4.69, 9.17) is 0 Å². The Balaban J connectivity index is 0.000000659. The van der Waals surface area contributed by atoms with Gasteiger partial charge in [-0.15, -0.1) is 0 Å². The second-order valence-corrected chi connectivity index (χ2v) is 4.05. The van der Waals surface area contributed by atoms with Crippen LogP contribution in [-0.4, -0.2) is 23.8 Å². The zero-order chi connectivity index (χ0) is 14.1. The van der Waals surface area contributed by atoms with Crippen molar-refractivity contribution in [3.05, 3.63) is 35.4 Å². The number of ketones is 1. The van der Waals surface area contributed by atoms with Crippen molar-refractivity contribution < 1.29 is 4.79 Å². The normalized spacial score (nSPS) is 18.6. The van der Waals surface area contributed by atoms with Crippen molar-refractivity contribution in [1.82, 2.24) is 4.90 Å². The van der Waals surface area contributed by atoms with Gasteiger partial charge < -0.3 is 0 Å². The van der Waals surface area contributed by atoms with Crippen LogP contribution in [0.5, 0.6) is 0 Å². The molecule has 2 rings (SSSR count). The molecule has 1 unspecified atom stereocenters. The third-order valence-electron chi connectivity index (χ3n) is 2.97. The van der Waals surface area contributed by atoms with Crippen molar-refractivity contribution in [2.75, 3.05) is 7.05 Å². The van der Waals surface area contributed by atoms with Crippen LogP contribution in [0.4, 0.5) is 0 Å². The summed E-state index contributed by atoms with van der Waals surface area (Å²) in [6.07, 6.45) is 0.632. The summed E-state index contributed by atoms with van der Waals surface area (Å²) < 4.78 is 0. The quantitative estimate of drug-likeness (QED) is 0.688. The molecular formula is C16H27NO. The first-order valence-electron chi connectivity index (χ1n) is 7.00. The molecule has 0 spiro atoms. The van der Waals surface area contributed by atoms with E-state index < -0.39 is 0 Å². The Morgan fingerprint density at radius 2 is 1.67 bits per heavy atom. The molecule has 0 saturated carbocycles. The highest BCUT2D eigenvalue weighted by atomic mass is 16.1. The average Bonchev–Trinajstić information content (AvgIpc) is 2.53. The van der Waals surface area contributed by atoms with Crippen molar-refractivity contribution in [2.45, 2.75) is 53.6 Å². The van der Waals surface area contributed by atoms with Crippen LogP contribution in [0.25, 0.3) is 0 Å². The summed E-state index contributed by atoms with van der Waals surface area (Å²) in [5.74, 6) is 0.275. The molecule has 1 heterocycles. The molecule has 18 heavy (non-hydrogen) atoms. The van der Waals surface area contributed by atoms with E-state index in [1.807, 2.05) is 52.0 Å². The largest absolute Gasteiger partial charge is 0.299 e. The van der Waals surface area contributed by atoms with Crippen molar-refractivity contribution in [1.29, 1.82) is 0 Å². The van der Waals surface area contributed by atoms with E-state index in [1.165, 1.54) is 0 Å². The molecule has 1 aliphatic rings. The van der Waals surface area contributed by atoms with Gasteiger partial charge in [0.15, 0.2) is 5.78 Å². The summed E-state index contributed by atoms with van der Waals surface area (Å²) in [7, 11) is 2.07. The van der Waals surface area contributed by atoms with Gasteiger partial charge in [0.25, 0.3) is 0 Å². The maximum absolute atomic E-state index is 11.8. The van der Waals surface area contributed by atoms with E-state index >= 15 is 0 Å². The first-order valence-corrected chi connectivity index (χ1v) is 7.00. The third-order valence-corrected chi connectivity index (χ3v) is 2.97. The highest BCUT2D eigenvalue weighted by Gasteiger charge is 2.22. The molecule has 0 aliphatic carbocycles. The molecule has 2 heteroatoms. The van der Waals surface area contributed by atoms with Gasteiger partial charge >= 0.3 is 0 Å². The maximum Gasteiger partial charge on any atom is 0.164 e. The molecule has 0 radical (unpaired) electrons. The van der Waals surface area contributed by atoms with Crippen LogP contribution in [0.1, 0.15) is 57.0 Å². The lowest BCUT2D eigenvalue weighted by atomic mass is 10.0. The fourth-order valence-electron chi connectivity index (χ4n) is 1.89. The van der Waals surface area contributed by atoms with Gasteiger partial charge in [-0.05, 0) is 19.5 Å². The Morgan fingerprint density at radius 1 is 1.11 bits per heavy atom. The molecule has 1 aliphatic heterocycles. The van der Waals surface area contributed by atoms with Crippen LogP contribution < -0.4 is 0 Å². The van der Waals surface area contributed by atoms with Gasteiger partial charge in [0.1, 0.15) is 0 Å². The Morgan fingerprint density at radius 3 is 2.28 bits per heavy atom. The van der Waals surface area contributed by atoms with E-state index in [0.717, 1.165) is 17.7 Å². The number of carbonyl (C=O) groups is 1. The lowest BCUT2D eigenvalue weighted by Gasteiger charge is -2.20.